The second-order valence-electron chi connectivity index (χ2n) is 8.95. The first-order valence-electron chi connectivity index (χ1n) is 11.9. The average molecular weight is 486 g/mol. The molecule has 2 amide bonds. The summed E-state index contributed by atoms with van der Waals surface area (Å²) in [7, 11) is 6.75. The van der Waals surface area contributed by atoms with Crippen LogP contribution in [0.2, 0.25) is 0 Å². The lowest BCUT2D eigenvalue weighted by atomic mass is 9.98. The second-order valence-corrected chi connectivity index (χ2v) is 8.95. The molecule has 4 rings (SSSR count). The van der Waals surface area contributed by atoms with Gasteiger partial charge in [0.15, 0.2) is 0 Å². The predicted octanol–water partition coefficient (Wildman–Crippen LogP) is 4.78. The van der Waals surface area contributed by atoms with Gasteiger partial charge in [-0.05, 0) is 39.9 Å². The van der Waals surface area contributed by atoms with Gasteiger partial charge in [-0.2, -0.15) is 0 Å². The lowest BCUT2D eigenvalue weighted by Crippen LogP contribution is -2.48. The van der Waals surface area contributed by atoms with Crippen LogP contribution in [0.3, 0.4) is 0 Å². The summed E-state index contributed by atoms with van der Waals surface area (Å²) in [6.45, 7) is 0.198. The summed E-state index contributed by atoms with van der Waals surface area (Å²) < 4.78 is 5.76. The van der Waals surface area contributed by atoms with Crippen molar-refractivity contribution < 1.29 is 14.3 Å². The SMILES string of the molecule is CNC(=O)[C@@H](Cc1ccc(N=NN(C)C)cc1)N(C)C(=O)OCC1c2ccccc2-c2ccccc21. The van der Waals surface area contributed by atoms with Crippen molar-refractivity contribution in [3.05, 3.63) is 89.5 Å². The second kappa shape index (κ2) is 11.0. The fraction of sp³-hybridized carbons (Fsp3) is 0.286. The molecule has 36 heavy (non-hydrogen) atoms. The van der Waals surface area contributed by atoms with Crippen LogP contribution in [0.15, 0.2) is 83.1 Å². The van der Waals surface area contributed by atoms with Gasteiger partial charge in [-0.15, -0.1) is 5.11 Å². The first-order valence-corrected chi connectivity index (χ1v) is 11.9. The van der Waals surface area contributed by atoms with Crippen LogP contribution in [0.1, 0.15) is 22.6 Å². The van der Waals surface area contributed by atoms with Crippen LogP contribution >= 0.6 is 0 Å². The third-order valence-electron chi connectivity index (χ3n) is 6.35. The van der Waals surface area contributed by atoms with E-state index in [1.165, 1.54) is 16.0 Å². The minimum atomic E-state index is -0.722. The van der Waals surface area contributed by atoms with E-state index in [-0.39, 0.29) is 18.4 Å². The van der Waals surface area contributed by atoms with Crippen LogP contribution in [0.5, 0.6) is 0 Å². The largest absolute Gasteiger partial charge is 0.448 e. The molecule has 3 aromatic rings. The Balaban J connectivity index is 1.45. The van der Waals surface area contributed by atoms with Gasteiger partial charge in [-0.25, -0.2) is 4.79 Å². The van der Waals surface area contributed by atoms with Gasteiger partial charge in [-0.3, -0.25) is 14.7 Å². The quantitative estimate of drug-likeness (QED) is 0.367. The van der Waals surface area contributed by atoms with E-state index in [1.54, 1.807) is 33.2 Å². The summed E-state index contributed by atoms with van der Waals surface area (Å²) in [6, 6.07) is 23.1. The van der Waals surface area contributed by atoms with Crippen LogP contribution in [0, 0.1) is 0 Å². The van der Waals surface area contributed by atoms with E-state index in [2.05, 4.69) is 39.9 Å². The van der Waals surface area contributed by atoms with Gasteiger partial charge in [0.1, 0.15) is 12.6 Å². The lowest BCUT2D eigenvalue weighted by molar-refractivity contribution is -0.125. The molecule has 0 aromatic heterocycles. The zero-order valence-corrected chi connectivity index (χ0v) is 21.0. The summed E-state index contributed by atoms with van der Waals surface area (Å²) in [4.78, 5) is 27.1. The maximum atomic E-state index is 13.1. The molecule has 0 saturated carbocycles. The Labute approximate surface area is 211 Å². The Morgan fingerprint density at radius 3 is 2.06 bits per heavy atom. The molecule has 0 radical (unpaired) electrons. The summed E-state index contributed by atoms with van der Waals surface area (Å²) in [6.07, 6.45) is -0.201. The Hall–Kier alpha value is -4.20. The third-order valence-corrected chi connectivity index (χ3v) is 6.35. The van der Waals surface area contributed by atoms with Gasteiger partial charge < -0.3 is 10.1 Å². The fourth-order valence-electron chi connectivity index (χ4n) is 4.46. The van der Waals surface area contributed by atoms with Crippen LogP contribution in [0.25, 0.3) is 11.1 Å². The van der Waals surface area contributed by atoms with Gasteiger partial charge in [-0.1, -0.05) is 65.9 Å². The van der Waals surface area contributed by atoms with Crippen molar-refractivity contribution in [2.75, 3.05) is 34.8 Å². The zero-order chi connectivity index (χ0) is 25.7. The number of nitrogens with one attached hydrogen (secondary N) is 1. The summed E-state index contributed by atoms with van der Waals surface area (Å²) >= 11 is 0. The number of ether oxygens (including phenoxy) is 1. The Kier molecular flexibility index (Phi) is 7.63. The van der Waals surface area contributed by atoms with E-state index in [9.17, 15) is 9.59 Å². The minimum absolute atomic E-state index is 0.0444. The molecular weight excluding hydrogens is 454 g/mol. The van der Waals surface area contributed by atoms with Crippen molar-refractivity contribution in [3.8, 4) is 11.1 Å². The van der Waals surface area contributed by atoms with Crippen LogP contribution in [0.4, 0.5) is 10.5 Å². The number of rotatable bonds is 8. The Bertz CT molecular complexity index is 1210. The third kappa shape index (κ3) is 5.38. The number of amides is 2. The van der Waals surface area contributed by atoms with E-state index in [1.807, 2.05) is 48.5 Å². The summed E-state index contributed by atoms with van der Waals surface area (Å²) in [5.41, 5.74) is 6.21. The standard InChI is InChI=1S/C28H31N5O3/c1-29-27(34)26(17-19-13-15-20(16-14-19)30-31-32(2)3)33(4)28(35)36-18-25-23-11-7-5-9-21(23)22-10-6-8-12-24(22)25/h5-16,25-26H,17-18H2,1-4H3,(H,29,34)/t26-/m1/s1. The van der Waals surface area contributed by atoms with Crippen LogP contribution in [-0.2, 0) is 16.0 Å². The van der Waals surface area contributed by atoms with Gasteiger partial charge in [0, 0.05) is 40.5 Å². The van der Waals surface area contributed by atoms with Gasteiger partial charge in [0.05, 0.1) is 5.69 Å². The minimum Gasteiger partial charge on any atom is -0.448 e. The Morgan fingerprint density at radius 1 is 0.917 bits per heavy atom. The van der Waals surface area contributed by atoms with Crippen molar-refractivity contribution in [1.82, 2.24) is 15.2 Å². The number of hydrogen-bond donors (Lipinski definition) is 1. The van der Waals surface area contributed by atoms with Gasteiger partial charge in [0.25, 0.3) is 0 Å². The maximum absolute atomic E-state index is 13.1. The zero-order valence-electron chi connectivity index (χ0n) is 21.0. The predicted molar refractivity (Wildman–Crippen MR) is 139 cm³/mol. The number of benzene rings is 3. The van der Waals surface area contributed by atoms with Gasteiger partial charge >= 0.3 is 6.09 Å². The van der Waals surface area contributed by atoms with E-state index in [0.717, 1.165) is 16.7 Å². The monoisotopic (exact) mass is 485 g/mol. The number of nitrogens with zero attached hydrogens (tertiary/aromatic N) is 4. The number of carbonyl (C=O) groups excluding carboxylic acids is 2. The van der Waals surface area contributed by atoms with Crippen molar-refractivity contribution >= 4 is 17.7 Å². The van der Waals surface area contributed by atoms with Crippen molar-refractivity contribution in [2.45, 2.75) is 18.4 Å². The number of fused-ring (bicyclic) bond motifs is 3. The first-order chi connectivity index (χ1) is 17.4. The summed E-state index contributed by atoms with van der Waals surface area (Å²) in [5.74, 6) is -0.306. The molecule has 186 valence electrons. The topological polar surface area (TPSA) is 86.6 Å². The fourth-order valence-corrected chi connectivity index (χ4v) is 4.46. The highest BCUT2D eigenvalue weighted by atomic mass is 16.6. The molecule has 0 unspecified atom stereocenters. The highest BCUT2D eigenvalue weighted by Gasteiger charge is 2.31. The normalized spacial score (nSPS) is 13.1. The molecule has 1 aliphatic rings. The molecule has 8 nitrogen and oxygen atoms in total. The molecule has 0 spiro atoms. The number of carbonyl (C=O) groups is 2. The van der Waals surface area contributed by atoms with Crippen LogP contribution in [-0.4, -0.2) is 62.7 Å². The maximum Gasteiger partial charge on any atom is 0.410 e. The summed E-state index contributed by atoms with van der Waals surface area (Å²) in [5, 5.41) is 12.4. The molecule has 1 aliphatic carbocycles. The van der Waals surface area contributed by atoms with Crippen LogP contribution < -0.4 is 5.32 Å². The van der Waals surface area contributed by atoms with E-state index >= 15 is 0 Å². The first kappa shape index (κ1) is 24.9. The van der Waals surface area contributed by atoms with Crippen molar-refractivity contribution in [2.24, 2.45) is 10.3 Å². The number of likely N-dealkylation sites (N-methyl/N-ethyl adjacent to an activating group) is 2. The molecule has 0 heterocycles. The lowest BCUT2D eigenvalue weighted by Gasteiger charge is -2.27. The molecule has 8 heteroatoms. The van der Waals surface area contributed by atoms with Crippen molar-refractivity contribution in [1.29, 1.82) is 0 Å². The molecular formula is C28H31N5O3. The Morgan fingerprint density at radius 2 is 1.50 bits per heavy atom. The molecule has 0 aliphatic heterocycles. The molecule has 1 atom stereocenters. The highest BCUT2D eigenvalue weighted by Crippen LogP contribution is 2.44. The average Bonchev–Trinajstić information content (AvgIpc) is 3.22. The van der Waals surface area contributed by atoms with E-state index < -0.39 is 12.1 Å². The van der Waals surface area contributed by atoms with E-state index in [4.69, 9.17) is 4.74 Å². The van der Waals surface area contributed by atoms with Gasteiger partial charge in [0.2, 0.25) is 5.91 Å². The molecule has 0 saturated heterocycles. The highest BCUT2D eigenvalue weighted by molar-refractivity contribution is 5.86. The van der Waals surface area contributed by atoms with E-state index in [0.29, 0.717) is 12.1 Å². The molecule has 0 fully saturated rings. The van der Waals surface area contributed by atoms with Crippen molar-refractivity contribution in [3.63, 3.8) is 0 Å². The number of hydrogen-bond acceptors (Lipinski definition) is 5. The molecule has 1 N–H and O–H groups in total. The smallest absolute Gasteiger partial charge is 0.410 e. The molecule has 3 aromatic carbocycles. The molecule has 0 bridgehead atoms.